The summed E-state index contributed by atoms with van der Waals surface area (Å²) in [6.45, 7) is 8.06. The number of ether oxygens (including phenoxy) is 2. The van der Waals surface area contributed by atoms with Crippen molar-refractivity contribution in [2.24, 2.45) is 0 Å². The van der Waals surface area contributed by atoms with E-state index < -0.39 is 0 Å². The summed E-state index contributed by atoms with van der Waals surface area (Å²) >= 11 is 0. The van der Waals surface area contributed by atoms with Gasteiger partial charge in [0.15, 0.2) is 5.82 Å². The maximum atomic E-state index is 5.97. The summed E-state index contributed by atoms with van der Waals surface area (Å²) in [5.41, 5.74) is 4.76. The van der Waals surface area contributed by atoms with Crippen molar-refractivity contribution in [2.45, 2.75) is 27.3 Å². The van der Waals surface area contributed by atoms with Gasteiger partial charge >= 0.3 is 0 Å². The average molecular weight is 403 g/mol. The Morgan fingerprint density at radius 3 is 2.70 bits per heavy atom. The minimum atomic E-state index is 0.646. The monoisotopic (exact) mass is 403 g/mol. The molecule has 7 heteroatoms. The van der Waals surface area contributed by atoms with Crippen LogP contribution in [-0.4, -0.2) is 32.7 Å². The number of rotatable bonds is 8. The van der Waals surface area contributed by atoms with Crippen LogP contribution in [0.25, 0.3) is 11.0 Å². The number of pyridine rings is 1. The van der Waals surface area contributed by atoms with Crippen LogP contribution in [0.1, 0.15) is 18.2 Å². The first-order valence-electron chi connectivity index (χ1n) is 10.00. The first-order valence-corrected chi connectivity index (χ1v) is 10.00. The maximum Gasteiger partial charge on any atom is 0.158 e. The van der Waals surface area contributed by atoms with Crippen LogP contribution in [0, 0.1) is 13.8 Å². The zero-order valence-corrected chi connectivity index (χ0v) is 17.4. The number of aromatic nitrogens is 4. The van der Waals surface area contributed by atoms with E-state index >= 15 is 0 Å². The molecule has 1 aromatic carbocycles. The van der Waals surface area contributed by atoms with Crippen LogP contribution in [-0.2, 0) is 11.3 Å². The second kappa shape index (κ2) is 8.92. The van der Waals surface area contributed by atoms with E-state index in [0.29, 0.717) is 19.0 Å². The lowest BCUT2D eigenvalue weighted by Crippen LogP contribution is -2.06. The molecule has 3 aromatic heterocycles. The van der Waals surface area contributed by atoms with Crippen LogP contribution in [0.3, 0.4) is 0 Å². The summed E-state index contributed by atoms with van der Waals surface area (Å²) in [5, 5.41) is 3.42. The van der Waals surface area contributed by atoms with Gasteiger partial charge in [0.05, 0.1) is 18.3 Å². The summed E-state index contributed by atoms with van der Waals surface area (Å²) in [6, 6.07) is 11.8. The van der Waals surface area contributed by atoms with E-state index in [1.165, 1.54) is 0 Å². The van der Waals surface area contributed by atoms with Crippen LogP contribution < -0.4 is 10.1 Å². The topological polar surface area (TPSA) is 74.1 Å². The second-order valence-electron chi connectivity index (χ2n) is 7.00. The van der Waals surface area contributed by atoms with Gasteiger partial charge in [0, 0.05) is 30.7 Å². The van der Waals surface area contributed by atoms with Crippen molar-refractivity contribution >= 4 is 22.5 Å². The van der Waals surface area contributed by atoms with Gasteiger partial charge in [-0.15, -0.1) is 0 Å². The van der Waals surface area contributed by atoms with Gasteiger partial charge in [-0.05, 0) is 62.7 Å². The molecule has 0 amide bonds. The first kappa shape index (κ1) is 19.8. The lowest BCUT2D eigenvalue weighted by atomic mass is 10.2. The third-order valence-electron chi connectivity index (χ3n) is 4.78. The second-order valence-corrected chi connectivity index (χ2v) is 7.00. The van der Waals surface area contributed by atoms with Gasteiger partial charge in [0.1, 0.15) is 23.3 Å². The molecule has 0 unspecified atom stereocenters. The minimum Gasteiger partial charge on any atom is -0.455 e. The number of nitrogens with one attached hydrogen (secondary N) is 1. The minimum absolute atomic E-state index is 0.646. The number of hydrogen-bond acceptors (Lipinski definition) is 6. The molecule has 0 aliphatic heterocycles. The van der Waals surface area contributed by atoms with Crippen molar-refractivity contribution in [3.8, 4) is 11.5 Å². The van der Waals surface area contributed by atoms with E-state index in [-0.39, 0.29) is 0 Å². The van der Waals surface area contributed by atoms with Crippen molar-refractivity contribution < 1.29 is 9.47 Å². The molecular weight excluding hydrogens is 378 g/mol. The molecule has 30 heavy (non-hydrogen) atoms. The normalized spacial score (nSPS) is 11.0. The Labute approximate surface area is 175 Å². The molecular formula is C23H25N5O2. The Hall–Kier alpha value is -3.45. The number of fused-ring (bicyclic) bond motifs is 1. The molecule has 0 atom stereocenters. The highest BCUT2D eigenvalue weighted by atomic mass is 16.5. The zero-order chi connectivity index (χ0) is 20.9. The van der Waals surface area contributed by atoms with Crippen LogP contribution >= 0.6 is 0 Å². The van der Waals surface area contributed by atoms with Crippen LogP contribution in [0.5, 0.6) is 11.5 Å². The fourth-order valence-corrected chi connectivity index (χ4v) is 3.24. The molecule has 0 spiro atoms. The molecule has 154 valence electrons. The van der Waals surface area contributed by atoms with Gasteiger partial charge in [0.25, 0.3) is 0 Å². The zero-order valence-electron chi connectivity index (χ0n) is 17.4. The third kappa shape index (κ3) is 4.41. The first-order chi connectivity index (χ1) is 14.6. The molecule has 0 radical (unpaired) electrons. The largest absolute Gasteiger partial charge is 0.455 e. The average Bonchev–Trinajstić information content (AvgIpc) is 3.16. The van der Waals surface area contributed by atoms with Gasteiger partial charge in [0.2, 0.25) is 0 Å². The summed E-state index contributed by atoms with van der Waals surface area (Å²) in [6.07, 6.45) is 5.32. The van der Waals surface area contributed by atoms with Crippen molar-refractivity contribution in [3.05, 3.63) is 66.4 Å². The molecule has 4 aromatic rings. The standard InChI is InChI=1S/C23H25N5O2/c1-4-29-12-11-28-10-9-20-22(28)23(26-15-25-20)27-18-6-8-21(16(2)13-18)30-19-7-5-17(3)24-14-19/h5-10,13-15H,4,11-12H2,1-3H3,(H,25,26,27). The van der Waals surface area contributed by atoms with Crippen LogP contribution in [0.15, 0.2) is 55.1 Å². The molecule has 0 saturated carbocycles. The molecule has 7 nitrogen and oxygen atoms in total. The summed E-state index contributed by atoms with van der Waals surface area (Å²) in [7, 11) is 0. The number of benzene rings is 1. The Kier molecular flexibility index (Phi) is 5.90. The van der Waals surface area contributed by atoms with Gasteiger partial charge in [-0.2, -0.15) is 0 Å². The summed E-state index contributed by atoms with van der Waals surface area (Å²) < 4.78 is 13.6. The summed E-state index contributed by atoms with van der Waals surface area (Å²) in [5.74, 6) is 2.27. The van der Waals surface area contributed by atoms with E-state index in [4.69, 9.17) is 9.47 Å². The predicted octanol–water partition coefficient (Wildman–Crippen LogP) is 5.02. The molecule has 0 bridgehead atoms. The van der Waals surface area contributed by atoms with E-state index in [1.54, 1.807) is 12.5 Å². The molecule has 0 saturated heterocycles. The Morgan fingerprint density at radius 2 is 1.93 bits per heavy atom. The number of hydrogen-bond donors (Lipinski definition) is 1. The predicted molar refractivity (Wildman–Crippen MR) is 118 cm³/mol. The van der Waals surface area contributed by atoms with Crippen molar-refractivity contribution in [3.63, 3.8) is 0 Å². The van der Waals surface area contributed by atoms with Crippen molar-refractivity contribution in [1.29, 1.82) is 0 Å². The number of aryl methyl sites for hydroxylation is 2. The van der Waals surface area contributed by atoms with Crippen LogP contribution in [0.2, 0.25) is 0 Å². The highest BCUT2D eigenvalue weighted by Gasteiger charge is 2.11. The van der Waals surface area contributed by atoms with E-state index in [2.05, 4.69) is 24.8 Å². The Morgan fingerprint density at radius 1 is 1.03 bits per heavy atom. The molecule has 0 fully saturated rings. The smallest absolute Gasteiger partial charge is 0.158 e. The molecule has 3 heterocycles. The van der Waals surface area contributed by atoms with Gasteiger partial charge in [-0.3, -0.25) is 4.98 Å². The molecule has 0 aliphatic carbocycles. The van der Waals surface area contributed by atoms with E-state index in [0.717, 1.165) is 46.1 Å². The van der Waals surface area contributed by atoms with Crippen LogP contribution in [0.4, 0.5) is 11.5 Å². The maximum absolute atomic E-state index is 5.97. The Balaban J connectivity index is 1.55. The Bertz CT molecular complexity index is 1140. The fraction of sp³-hybridized carbons (Fsp3) is 0.261. The number of nitrogens with zero attached hydrogens (tertiary/aromatic N) is 4. The van der Waals surface area contributed by atoms with E-state index in [1.807, 2.05) is 63.4 Å². The highest BCUT2D eigenvalue weighted by Crippen LogP contribution is 2.29. The lowest BCUT2D eigenvalue weighted by molar-refractivity contribution is 0.140. The van der Waals surface area contributed by atoms with Gasteiger partial charge in [-0.25, -0.2) is 9.97 Å². The van der Waals surface area contributed by atoms with Gasteiger partial charge in [-0.1, -0.05) is 0 Å². The highest BCUT2D eigenvalue weighted by molar-refractivity contribution is 5.88. The molecule has 0 aliphatic rings. The lowest BCUT2D eigenvalue weighted by Gasteiger charge is -2.13. The van der Waals surface area contributed by atoms with Crippen molar-refractivity contribution in [2.75, 3.05) is 18.5 Å². The van der Waals surface area contributed by atoms with Gasteiger partial charge < -0.3 is 19.4 Å². The number of anilines is 2. The quantitative estimate of drug-likeness (QED) is 0.417. The van der Waals surface area contributed by atoms with Crippen molar-refractivity contribution in [1.82, 2.24) is 19.5 Å². The third-order valence-corrected chi connectivity index (χ3v) is 4.78. The summed E-state index contributed by atoms with van der Waals surface area (Å²) in [4.78, 5) is 13.1. The fourth-order valence-electron chi connectivity index (χ4n) is 3.24. The van der Waals surface area contributed by atoms with E-state index in [9.17, 15) is 0 Å². The molecule has 1 N–H and O–H groups in total. The SMILES string of the molecule is CCOCCn1ccc2ncnc(Nc3ccc(Oc4ccc(C)nc4)c(C)c3)c21. The molecule has 4 rings (SSSR count).